The second-order valence-electron chi connectivity index (χ2n) is 5.22. The molecule has 1 aromatic carbocycles. The van der Waals surface area contributed by atoms with E-state index in [1.807, 2.05) is 0 Å². The van der Waals surface area contributed by atoms with E-state index in [1.54, 1.807) is 10.8 Å². The molecule has 0 aliphatic heterocycles. The Morgan fingerprint density at radius 1 is 1.17 bits per heavy atom. The molecule has 1 aromatic rings. The van der Waals surface area contributed by atoms with Crippen molar-refractivity contribution in [3.8, 4) is 0 Å². The second-order valence-corrected chi connectivity index (χ2v) is 6.78. The fraction of sp³-hybridized carbons (Fsp3) is 0.412. The maximum Gasteiger partial charge on any atom is 0.0477 e. The van der Waals surface area contributed by atoms with Crippen molar-refractivity contribution >= 4 is 15.1 Å². The number of benzene rings is 1. The van der Waals surface area contributed by atoms with Crippen LogP contribution in [0.2, 0.25) is 6.55 Å². The summed E-state index contributed by atoms with van der Waals surface area (Å²) in [5, 5.41) is 1.73. The van der Waals surface area contributed by atoms with Crippen molar-refractivity contribution in [2.75, 3.05) is 0 Å². The predicted molar refractivity (Wildman–Crippen MR) is 84.8 cm³/mol. The smallest absolute Gasteiger partial charge is 0.0477 e. The summed E-state index contributed by atoms with van der Waals surface area (Å²) < 4.78 is 0. The summed E-state index contributed by atoms with van der Waals surface area (Å²) in [6.45, 7) is 6.92. The van der Waals surface area contributed by atoms with Gasteiger partial charge in [0.15, 0.2) is 0 Å². The molecule has 0 nitrogen and oxygen atoms in total. The van der Waals surface area contributed by atoms with Gasteiger partial charge in [0.2, 0.25) is 0 Å². The predicted octanol–water partition coefficient (Wildman–Crippen LogP) is 4.31. The van der Waals surface area contributed by atoms with Crippen LogP contribution in [-0.2, 0) is 6.42 Å². The average molecular weight is 256 g/mol. The van der Waals surface area contributed by atoms with Crippen molar-refractivity contribution in [2.24, 2.45) is 0 Å². The lowest BCUT2D eigenvalue weighted by atomic mass is 9.99. The van der Waals surface area contributed by atoms with E-state index < -0.39 is 0 Å². The van der Waals surface area contributed by atoms with Crippen LogP contribution in [0.25, 0.3) is 5.57 Å². The summed E-state index contributed by atoms with van der Waals surface area (Å²) >= 11 is 0. The zero-order valence-electron chi connectivity index (χ0n) is 11.9. The molecule has 0 saturated heterocycles. The number of hydrogen-bond donors (Lipinski definition) is 0. The van der Waals surface area contributed by atoms with Gasteiger partial charge in [-0.25, -0.2) is 0 Å². The maximum atomic E-state index is 2.40. The quantitative estimate of drug-likeness (QED) is 0.689. The van der Waals surface area contributed by atoms with Gasteiger partial charge in [-0.15, -0.1) is 0 Å². The molecule has 0 aromatic heterocycles. The molecule has 0 N–H and O–H groups in total. The Labute approximate surface area is 114 Å². The van der Waals surface area contributed by atoms with Crippen LogP contribution in [0.5, 0.6) is 0 Å². The van der Waals surface area contributed by atoms with Gasteiger partial charge in [-0.1, -0.05) is 55.4 Å². The van der Waals surface area contributed by atoms with Gasteiger partial charge < -0.3 is 0 Å². The first-order chi connectivity index (χ1) is 8.76. The highest BCUT2D eigenvalue weighted by molar-refractivity contribution is 6.46. The molecule has 1 aliphatic carbocycles. The molecule has 0 heterocycles. The number of unbranched alkanes of at least 4 members (excludes halogenated alkanes) is 1. The topological polar surface area (TPSA) is 0 Å². The minimum Gasteiger partial charge on any atom is -0.0773 e. The van der Waals surface area contributed by atoms with E-state index in [0.717, 1.165) is 0 Å². The molecule has 96 valence electrons. The fourth-order valence-electron chi connectivity index (χ4n) is 2.73. The molecule has 0 unspecified atom stereocenters. The number of hydrogen-bond acceptors (Lipinski definition) is 0. The van der Waals surface area contributed by atoms with E-state index in [9.17, 15) is 0 Å². The Balaban J connectivity index is 2.21. The Hall–Kier alpha value is -1.08. The van der Waals surface area contributed by atoms with E-state index in [-0.39, 0.29) is 9.52 Å². The highest BCUT2D eigenvalue weighted by atomic mass is 28.2. The van der Waals surface area contributed by atoms with Gasteiger partial charge >= 0.3 is 0 Å². The molecular weight excluding hydrogens is 232 g/mol. The third kappa shape index (κ3) is 2.84. The minimum atomic E-state index is -0.0281. The van der Waals surface area contributed by atoms with Crippen LogP contribution in [-0.4, -0.2) is 9.52 Å². The minimum absolute atomic E-state index is 0.0281. The van der Waals surface area contributed by atoms with Crippen molar-refractivity contribution in [1.29, 1.82) is 0 Å². The van der Waals surface area contributed by atoms with E-state index in [0.29, 0.717) is 0 Å². The SMILES string of the molecule is CCCCc1ccc(C2=C([SiH2]C)CC=C2C)cc1. The van der Waals surface area contributed by atoms with Gasteiger partial charge in [0.1, 0.15) is 0 Å². The highest BCUT2D eigenvalue weighted by Crippen LogP contribution is 2.33. The lowest BCUT2D eigenvalue weighted by Crippen LogP contribution is -1.94. The fourth-order valence-corrected chi connectivity index (χ4v) is 4.00. The molecule has 0 atom stereocenters. The Morgan fingerprint density at radius 2 is 1.89 bits per heavy atom. The van der Waals surface area contributed by atoms with E-state index in [1.165, 1.54) is 42.4 Å². The van der Waals surface area contributed by atoms with Crippen LogP contribution in [0.4, 0.5) is 0 Å². The van der Waals surface area contributed by atoms with Gasteiger partial charge in [-0.3, -0.25) is 0 Å². The lowest BCUT2D eigenvalue weighted by Gasteiger charge is -2.10. The molecule has 18 heavy (non-hydrogen) atoms. The van der Waals surface area contributed by atoms with Crippen LogP contribution in [0, 0.1) is 0 Å². The molecule has 1 heteroatoms. The van der Waals surface area contributed by atoms with Crippen LogP contribution in [0.3, 0.4) is 0 Å². The third-order valence-electron chi connectivity index (χ3n) is 3.89. The molecule has 0 spiro atoms. The standard InChI is InChI=1S/C17H24Si/c1-4-5-6-14-8-10-15(11-9-14)17-13(2)7-12-16(17)18-3/h7-11H,4-6,12,18H2,1-3H3. The Morgan fingerprint density at radius 3 is 2.50 bits per heavy atom. The van der Waals surface area contributed by atoms with Crippen LogP contribution >= 0.6 is 0 Å². The second kappa shape index (κ2) is 6.19. The monoisotopic (exact) mass is 256 g/mol. The van der Waals surface area contributed by atoms with E-state index in [4.69, 9.17) is 0 Å². The maximum absolute atomic E-state index is 2.40. The normalized spacial score (nSPS) is 15.8. The van der Waals surface area contributed by atoms with Gasteiger partial charge in [0.05, 0.1) is 0 Å². The first-order valence-corrected chi connectivity index (χ1v) is 9.36. The van der Waals surface area contributed by atoms with E-state index >= 15 is 0 Å². The number of rotatable bonds is 5. The van der Waals surface area contributed by atoms with Crippen molar-refractivity contribution in [3.63, 3.8) is 0 Å². The molecule has 0 radical (unpaired) electrons. The summed E-state index contributed by atoms with van der Waals surface area (Å²) in [6, 6.07) is 9.29. The average Bonchev–Trinajstić information content (AvgIpc) is 2.78. The first kappa shape index (κ1) is 13.4. The number of allylic oxidation sites excluding steroid dienone is 4. The number of aryl methyl sites for hydroxylation is 1. The van der Waals surface area contributed by atoms with Crippen LogP contribution < -0.4 is 0 Å². The molecule has 0 saturated carbocycles. The van der Waals surface area contributed by atoms with Gasteiger partial charge in [-0.05, 0) is 48.5 Å². The summed E-state index contributed by atoms with van der Waals surface area (Å²) in [5.41, 5.74) is 5.97. The summed E-state index contributed by atoms with van der Waals surface area (Å²) in [4.78, 5) is 0. The molecule has 0 bridgehead atoms. The molecule has 1 aliphatic rings. The molecule has 0 amide bonds. The zero-order valence-corrected chi connectivity index (χ0v) is 13.3. The Bertz CT molecular complexity index is 463. The summed E-state index contributed by atoms with van der Waals surface area (Å²) in [6.07, 6.45) is 7.40. The van der Waals surface area contributed by atoms with Crippen molar-refractivity contribution in [2.45, 2.75) is 46.1 Å². The largest absolute Gasteiger partial charge is 0.0773 e. The van der Waals surface area contributed by atoms with Crippen molar-refractivity contribution < 1.29 is 0 Å². The summed E-state index contributed by atoms with van der Waals surface area (Å²) in [5.74, 6) is 0. The molecule has 2 rings (SSSR count). The third-order valence-corrected chi connectivity index (χ3v) is 5.39. The zero-order chi connectivity index (χ0) is 13.0. The van der Waals surface area contributed by atoms with Gasteiger partial charge in [0.25, 0.3) is 0 Å². The molecular formula is C17H24Si. The Kier molecular flexibility index (Phi) is 4.59. The highest BCUT2D eigenvalue weighted by Gasteiger charge is 2.14. The summed E-state index contributed by atoms with van der Waals surface area (Å²) in [7, 11) is -0.0281. The van der Waals surface area contributed by atoms with Gasteiger partial charge in [0, 0.05) is 9.52 Å². The van der Waals surface area contributed by atoms with Crippen molar-refractivity contribution in [1.82, 2.24) is 0 Å². The first-order valence-electron chi connectivity index (χ1n) is 7.24. The van der Waals surface area contributed by atoms with Crippen LogP contribution in [0.15, 0.2) is 41.1 Å². The molecule has 0 fully saturated rings. The van der Waals surface area contributed by atoms with E-state index in [2.05, 4.69) is 50.7 Å². The lowest BCUT2D eigenvalue weighted by molar-refractivity contribution is 0.795. The van der Waals surface area contributed by atoms with Gasteiger partial charge in [-0.2, -0.15) is 0 Å². The van der Waals surface area contributed by atoms with Crippen LogP contribution in [0.1, 0.15) is 44.2 Å². The van der Waals surface area contributed by atoms with Crippen molar-refractivity contribution in [3.05, 3.63) is 52.2 Å².